The van der Waals surface area contributed by atoms with Crippen LogP contribution in [-0.4, -0.2) is 28.0 Å². The topological polar surface area (TPSA) is 73.6 Å². The summed E-state index contributed by atoms with van der Waals surface area (Å²) in [4.78, 5) is 10.5. The smallest absolute Gasteiger partial charge is 0.325 e. The van der Waals surface area contributed by atoms with E-state index in [1.165, 1.54) is 10.9 Å². The molecule has 1 aromatic heterocycles. The maximum Gasteiger partial charge on any atom is 0.325 e. The number of ether oxygens (including phenoxy) is 2. The standard InChI is InChI=1S/C13H14N2O4/c1-18-12-5-3-2-4-10(12)9-19-11-6-14-15(7-11)8-13(16)17/h2-7H,8-9H2,1H3,(H,16,17). The van der Waals surface area contributed by atoms with Gasteiger partial charge in [-0.25, -0.2) is 0 Å². The third kappa shape index (κ3) is 3.48. The van der Waals surface area contributed by atoms with Crippen molar-refractivity contribution < 1.29 is 19.4 Å². The van der Waals surface area contributed by atoms with Crippen molar-refractivity contribution in [1.29, 1.82) is 0 Å². The molecule has 0 spiro atoms. The third-order valence-electron chi connectivity index (χ3n) is 2.49. The van der Waals surface area contributed by atoms with E-state index in [2.05, 4.69) is 5.10 Å². The highest BCUT2D eigenvalue weighted by atomic mass is 16.5. The number of aliphatic carboxylic acids is 1. The molecule has 1 heterocycles. The van der Waals surface area contributed by atoms with Crippen molar-refractivity contribution in [3.05, 3.63) is 42.2 Å². The first-order valence-electron chi connectivity index (χ1n) is 5.68. The van der Waals surface area contributed by atoms with E-state index >= 15 is 0 Å². The van der Waals surface area contributed by atoms with E-state index in [9.17, 15) is 4.79 Å². The van der Waals surface area contributed by atoms with Crippen LogP contribution < -0.4 is 9.47 Å². The number of methoxy groups -OCH3 is 1. The van der Waals surface area contributed by atoms with E-state index in [1.807, 2.05) is 24.3 Å². The zero-order valence-electron chi connectivity index (χ0n) is 10.4. The van der Waals surface area contributed by atoms with E-state index in [4.69, 9.17) is 14.6 Å². The summed E-state index contributed by atoms with van der Waals surface area (Å²) in [6.45, 7) is 0.154. The Labute approximate surface area is 110 Å². The van der Waals surface area contributed by atoms with Crippen molar-refractivity contribution in [2.24, 2.45) is 0 Å². The Bertz CT molecular complexity index is 565. The van der Waals surface area contributed by atoms with Gasteiger partial charge in [0.05, 0.1) is 19.5 Å². The molecule has 0 unspecified atom stereocenters. The molecule has 0 aliphatic rings. The van der Waals surface area contributed by atoms with E-state index in [0.29, 0.717) is 12.4 Å². The van der Waals surface area contributed by atoms with Crippen LogP contribution in [0.5, 0.6) is 11.5 Å². The first kappa shape index (κ1) is 12.9. The van der Waals surface area contributed by atoms with Gasteiger partial charge in [0.25, 0.3) is 0 Å². The molecular formula is C13H14N2O4. The van der Waals surface area contributed by atoms with Crippen molar-refractivity contribution in [2.75, 3.05) is 7.11 Å². The predicted molar refractivity (Wildman–Crippen MR) is 67.2 cm³/mol. The van der Waals surface area contributed by atoms with Gasteiger partial charge in [0.15, 0.2) is 5.75 Å². The number of benzene rings is 1. The van der Waals surface area contributed by atoms with Crippen LogP contribution in [0.3, 0.4) is 0 Å². The fraction of sp³-hybridized carbons (Fsp3) is 0.231. The number of hydrogen-bond donors (Lipinski definition) is 1. The highest BCUT2D eigenvalue weighted by molar-refractivity contribution is 5.66. The third-order valence-corrected chi connectivity index (χ3v) is 2.49. The molecule has 0 amide bonds. The molecule has 0 radical (unpaired) electrons. The second-order valence-electron chi connectivity index (χ2n) is 3.87. The molecule has 2 aromatic rings. The quantitative estimate of drug-likeness (QED) is 0.855. The molecule has 0 bridgehead atoms. The number of rotatable bonds is 6. The monoisotopic (exact) mass is 262 g/mol. The maximum atomic E-state index is 10.5. The predicted octanol–water partition coefficient (Wildman–Crippen LogP) is 1.56. The summed E-state index contributed by atoms with van der Waals surface area (Å²) < 4.78 is 12.1. The lowest BCUT2D eigenvalue weighted by Crippen LogP contribution is -2.08. The maximum absolute atomic E-state index is 10.5. The fourth-order valence-electron chi connectivity index (χ4n) is 1.63. The van der Waals surface area contributed by atoms with Gasteiger partial charge < -0.3 is 14.6 Å². The molecule has 6 heteroatoms. The summed E-state index contributed by atoms with van der Waals surface area (Å²) in [6.07, 6.45) is 3.03. The average Bonchev–Trinajstić information content (AvgIpc) is 2.83. The number of carboxylic acid groups (broad SMARTS) is 1. The summed E-state index contributed by atoms with van der Waals surface area (Å²) in [5, 5.41) is 12.5. The molecule has 1 aromatic carbocycles. The Morgan fingerprint density at radius 2 is 2.21 bits per heavy atom. The summed E-state index contributed by atoms with van der Waals surface area (Å²) >= 11 is 0. The minimum Gasteiger partial charge on any atom is -0.496 e. The molecule has 0 saturated carbocycles. The molecule has 1 N–H and O–H groups in total. The molecular weight excluding hydrogens is 248 g/mol. The second kappa shape index (κ2) is 5.90. The lowest BCUT2D eigenvalue weighted by molar-refractivity contribution is -0.137. The Kier molecular flexibility index (Phi) is 4.02. The number of aromatic nitrogens is 2. The van der Waals surface area contributed by atoms with Crippen LogP contribution in [0.4, 0.5) is 0 Å². The number of para-hydroxylation sites is 1. The SMILES string of the molecule is COc1ccccc1COc1cnn(CC(=O)O)c1. The lowest BCUT2D eigenvalue weighted by Gasteiger charge is -2.08. The summed E-state index contributed by atoms with van der Waals surface area (Å²) in [5.74, 6) is 0.326. The summed E-state index contributed by atoms with van der Waals surface area (Å²) in [6, 6.07) is 7.54. The molecule has 2 rings (SSSR count). The zero-order chi connectivity index (χ0) is 13.7. The van der Waals surface area contributed by atoms with Crippen LogP contribution in [0.15, 0.2) is 36.7 Å². The van der Waals surface area contributed by atoms with Gasteiger partial charge in [-0.3, -0.25) is 9.48 Å². The highest BCUT2D eigenvalue weighted by Gasteiger charge is 2.06. The van der Waals surface area contributed by atoms with Crippen LogP contribution in [-0.2, 0) is 17.9 Å². The van der Waals surface area contributed by atoms with Gasteiger partial charge in [-0.2, -0.15) is 5.10 Å². The van der Waals surface area contributed by atoms with Gasteiger partial charge in [0.2, 0.25) is 0 Å². The Hall–Kier alpha value is -2.50. The van der Waals surface area contributed by atoms with Crippen LogP contribution in [0, 0.1) is 0 Å². The van der Waals surface area contributed by atoms with Crippen LogP contribution in [0.2, 0.25) is 0 Å². The van der Waals surface area contributed by atoms with Gasteiger partial charge in [-0.05, 0) is 6.07 Å². The van der Waals surface area contributed by atoms with Gasteiger partial charge >= 0.3 is 5.97 Å². The van der Waals surface area contributed by atoms with Crippen molar-refractivity contribution in [1.82, 2.24) is 9.78 Å². The van der Waals surface area contributed by atoms with Gasteiger partial charge in [0, 0.05) is 5.56 Å². The largest absolute Gasteiger partial charge is 0.496 e. The zero-order valence-corrected chi connectivity index (χ0v) is 10.4. The molecule has 6 nitrogen and oxygen atoms in total. The molecule has 0 aliphatic carbocycles. The molecule has 0 fully saturated rings. The Morgan fingerprint density at radius 3 is 2.95 bits per heavy atom. The van der Waals surface area contributed by atoms with Crippen molar-refractivity contribution >= 4 is 5.97 Å². The van der Waals surface area contributed by atoms with E-state index in [-0.39, 0.29) is 6.54 Å². The molecule has 19 heavy (non-hydrogen) atoms. The number of nitrogens with zero attached hydrogens (tertiary/aromatic N) is 2. The minimum atomic E-state index is -0.945. The summed E-state index contributed by atoms with van der Waals surface area (Å²) in [7, 11) is 1.60. The van der Waals surface area contributed by atoms with Gasteiger partial charge in [-0.1, -0.05) is 18.2 Å². The number of carbonyl (C=O) groups is 1. The van der Waals surface area contributed by atoms with Gasteiger partial charge in [-0.15, -0.1) is 0 Å². The average molecular weight is 262 g/mol. The molecule has 0 saturated heterocycles. The van der Waals surface area contributed by atoms with E-state index < -0.39 is 5.97 Å². The highest BCUT2D eigenvalue weighted by Crippen LogP contribution is 2.19. The lowest BCUT2D eigenvalue weighted by atomic mass is 10.2. The van der Waals surface area contributed by atoms with E-state index in [1.54, 1.807) is 13.3 Å². The first-order valence-corrected chi connectivity index (χ1v) is 5.68. The van der Waals surface area contributed by atoms with Crippen LogP contribution in [0.25, 0.3) is 0 Å². The summed E-state index contributed by atoms with van der Waals surface area (Å²) in [5.41, 5.74) is 0.913. The fourth-order valence-corrected chi connectivity index (χ4v) is 1.63. The number of hydrogen-bond acceptors (Lipinski definition) is 4. The van der Waals surface area contributed by atoms with Crippen molar-refractivity contribution in [3.63, 3.8) is 0 Å². The molecule has 0 aliphatic heterocycles. The van der Waals surface area contributed by atoms with Crippen LogP contribution in [0.1, 0.15) is 5.56 Å². The van der Waals surface area contributed by atoms with E-state index in [0.717, 1.165) is 11.3 Å². The Morgan fingerprint density at radius 1 is 1.42 bits per heavy atom. The van der Waals surface area contributed by atoms with Crippen LogP contribution >= 0.6 is 0 Å². The van der Waals surface area contributed by atoms with Crippen molar-refractivity contribution in [3.8, 4) is 11.5 Å². The minimum absolute atomic E-state index is 0.183. The first-order chi connectivity index (χ1) is 9.19. The number of carboxylic acids is 1. The molecule has 100 valence electrons. The van der Waals surface area contributed by atoms with Crippen molar-refractivity contribution in [2.45, 2.75) is 13.2 Å². The Balaban J connectivity index is 1.98. The second-order valence-corrected chi connectivity index (χ2v) is 3.87. The molecule has 0 atom stereocenters. The normalized spacial score (nSPS) is 10.2. The van der Waals surface area contributed by atoms with Gasteiger partial charge in [0.1, 0.15) is 18.9 Å².